The molecular formula is C16H13FN2. The van der Waals surface area contributed by atoms with Crippen LogP contribution >= 0.6 is 0 Å². The standard InChI is InChI=1S/C16H13FN2/c17-13-7-5-11(6-8-13)16-9-12(10-18)14-3-1-2-4-15(14)19-16/h1-9H,10,18H2. The number of nitrogens with zero attached hydrogens (tertiary/aromatic N) is 1. The van der Waals surface area contributed by atoms with E-state index >= 15 is 0 Å². The highest BCUT2D eigenvalue weighted by atomic mass is 19.1. The van der Waals surface area contributed by atoms with Crippen LogP contribution in [0.5, 0.6) is 0 Å². The normalized spacial score (nSPS) is 10.8. The Morgan fingerprint density at radius 1 is 1.00 bits per heavy atom. The molecule has 3 aromatic rings. The number of rotatable bonds is 2. The number of hydrogen-bond acceptors (Lipinski definition) is 2. The second-order valence-corrected chi connectivity index (χ2v) is 4.39. The Kier molecular flexibility index (Phi) is 2.97. The summed E-state index contributed by atoms with van der Waals surface area (Å²) in [5, 5.41) is 1.07. The molecule has 0 saturated heterocycles. The van der Waals surface area contributed by atoms with Crippen molar-refractivity contribution in [3.63, 3.8) is 0 Å². The Morgan fingerprint density at radius 3 is 2.47 bits per heavy atom. The smallest absolute Gasteiger partial charge is 0.123 e. The maximum atomic E-state index is 13.0. The summed E-state index contributed by atoms with van der Waals surface area (Å²) in [4.78, 5) is 4.61. The molecule has 1 aromatic heterocycles. The van der Waals surface area contributed by atoms with Gasteiger partial charge in [-0.3, -0.25) is 0 Å². The molecule has 0 aliphatic carbocycles. The Morgan fingerprint density at radius 2 is 1.74 bits per heavy atom. The molecule has 3 heteroatoms. The van der Waals surface area contributed by atoms with Gasteiger partial charge in [0.2, 0.25) is 0 Å². The highest BCUT2D eigenvalue weighted by Gasteiger charge is 2.06. The summed E-state index contributed by atoms with van der Waals surface area (Å²) in [6, 6.07) is 16.2. The van der Waals surface area contributed by atoms with Gasteiger partial charge in [0.15, 0.2) is 0 Å². The molecule has 19 heavy (non-hydrogen) atoms. The molecule has 0 fully saturated rings. The third kappa shape index (κ3) is 2.20. The highest BCUT2D eigenvalue weighted by molar-refractivity contribution is 5.85. The van der Waals surface area contributed by atoms with Crippen LogP contribution in [0.4, 0.5) is 4.39 Å². The van der Waals surface area contributed by atoms with Crippen molar-refractivity contribution >= 4 is 10.9 Å². The molecule has 3 rings (SSSR count). The Bertz CT molecular complexity index is 720. The van der Waals surface area contributed by atoms with E-state index in [1.807, 2.05) is 30.3 Å². The van der Waals surface area contributed by atoms with Gasteiger partial charge < -0.3 is 5.73 Å². The quantitative estimate of drug-likeness (QED) is 0.758. The summed E-state index contributed by atoms with van der Waals surface area (Å²) >= 11 is 0. The maximum absolute atomic E-state index is 13.0. The van der Waals surface area contributed by atoms with Gasteiger partial charge in [-0.15, -0.1) is 0 Å². The Hall–Kier alpha value is -2.26. The minimum atomic E-state index is -0.247. The molecule has 0 atom stereocenters. The first-order chi connectivity index (χ1) is 9.28. The first-order valence-electron chi connectivity index (χ1n) is 6.12. The Labute approximate surface area is 110 Å². The lowest BCUT2D eigenvalue weighted by atomic mass is 10.0. The van der Waals surface area contributed by atoms with Crippen LogP contribution in [0.25, 0.3) is 22.2 Å². The van der Waals surface area contributed by atoms with Crippen LogP contribution in [-0.4, -0.2) is 4.98 Å². The van der Waals surface area contributed by atoms with Gasteiger partial charge in [-0.25, -0.2) is 9.37 Å². The molecule has 0 aliphatic heterocycles. The van der Waals surface area contributed by atoms with E-state index in [-0.39, 0.29) is 5.82 Å². The number of benzene rings is 2. The fourth-order valence-electron chi connectivity index (χ4n) is 2.18. The summed E-state index contributed by atoms with van der Waals surface area (Å²) in [5.74, 6) is -0.247. The lowest BCUT2D eigenvalue weighted by Gasteiger charge is -2.08. The van der Waals surface area contributed by atoms with E-state index in [2.05, 4.69) is 4.98 Å². The second-order valence-electron chi connectivity index (χ2n) is 4.39. The molecule has 2 aromatic carbocycles. The van der Waals surface area contributed by atoms with Gasteiger partial charge in [0.1, 0.15) is 5.82 Å². The van der Waals surface area contributed by atoms with Crippen molar-refractivity contribution in [2.45, 2.75) is 6.54 Å². The molecule has 0 aliphatic rings. The van der Waals surface area contributed by atoms with E-state index in [1.165, 1.54) is 12.1 Å². The minimum Gasteiger partial charge on any atom is -0.326 e. The summed E-state index contributed by atoms with van der Waals surface area (Å²) in [6.07, 6.45) is 0. The van der Waals surface area contributed by atoms with Crippen LogP contribution in [-0.2, 0) is 6.54 Å². The van der Waals surface area contributed by atoms with Crippen molar-refractivity contribution in [3.05, 3.63) is 66.0 Å². The average Bonchev–Trinajstić information content (AvgIpc) is 2.47. The van der Waals surface area contributed by atoms with Gasteiger partial charge in [0, 0.05) is 17.5 Å². The predicted octanol–water partition coefficient (Wildman–Crippen LogP) is 3.50. The van der Waals surface area contributed by atoms with Crippen LogP contribution < -0.4 is 5.73 Å². The Balaban J connectivity index is 2.22. The largest absolute Gasteiger partial charge is 0.326 e. The molecule has 0 unspecified atom stereocenters. The van der Waals surface area contributed by atoms with Crippen molar-refractivity contribution in [1.29, 1.82) is 0 Å². The zero-order valence-corrected chi connectivity index (χ0v) is 10.3. The molecule has 2 nitrogen and oxygen atoms in total. The van der Waals surface area contributed by atoms with E-state index in [9.17, 15) is 4.39 Å². The van der Waals surface area contributed by atoms with Gasteiger partial charge >= 0.3 is 0 Å². The second kappa shape index (κ2) is 4.78. The zero-order valence-electron chi connectivity index (χ0n) is 10.3. The number of fused-ring (bicyclic) bond motifs is 1. The highest BCUT2D eigenvalue weighted by Crippen LogP contribution is 2.24. The fourth-order valence-corrected chi connectivity index (χ4v) is 2.18. The van der Waals surface area contributed by atoms with Crippen molar-refractivity contribution in [2.75, 3.05) is 0 Å². The van der Waals surface area contributed by atoms with Gasteiger partial charge in [0.25, 0.3) is 0 Å². The third-order valence-corrected chi connectivity index (χ3v) is 3.16. The molecule has 94 valence electrons. The minimum absolute atomic E-state index is 0.247. The van der Waals surface area contributed by atoms with Crippen LogP contribution in [0.1, 0.15) is 5.56 Å². The number of hydrogen-bond donors (Lipinski definition) is 1. The lowest BCUT2D eigenvalue weighted by Crippen LogP contribution is -1.99. The molecule has 0 radical (unpaired) electrons. The molecule has 0 spiro atoms. The number of halogens is 1. The lowest BCUT2D eigenvalue weighted by molar-refractivity contribution is 0.628. The molecular weight excluding hydrogens is 239 g/mol. The first-order valence-corrected chi connectivity index (χ1v) is 6.12. The SMILES string of the molecule is NCc1cc(-c2ccc(F)cc2)nc2ccccc12. The van der Waals surface area contributed by atoms with Crippen molar-refractivity contribution < 1.29 is 4.39 Å². The fraction of sp³-hybridized carbons (Fsp3) is 0.0625. The number of aromatic nitrogens is 1. The van der Waals surface area contributed by atoms with E-state index in [0.29, 0.717) is 6.54 Å². The van der Waals surface area contributed by atoms with Gasteiger partial charge in [-0.05, 0) is 42.0 Å². The third-order valence-electron chi connectivity index (χ3n) is 3.16. The maximum Gasteiger partial charge on any atom is 0.123 e. The van der Waals surface area contributed by atoms with E-state index in [1.54, 1.807) is 12.1 Å². The average molecular weight is 252 g/mol. The van der Waals surface area contributed by atoms with Crippen molar-refractivity contribution in [1.82, 2.24) is 4.98 Å². The monoisotopic (exact) mass is 252 g/mol. The molecule has 0 saturated carbocycles. The van der Waals surface area contributed by atoms with Crippen LogP contribution in [0, 0.1) is 5.82 Å². The van der Waals surface area contributed by atoms with Crippen LogP contribution in [0.3, 0.4) is 0 Å². The summed E-state index contributed by atoms with van der Waals surface area (Å²) < 4.78 is 13.0. The van der Waals surface area contributed by atoms with Gasteiger partial charge in [0.05, 0.1) is 11.2 Å². The van der Waals surface area contributed by atoms with E-state index < -0.39 is 0 Å². The molecule has 1 heterocycles. The van der Waals surface area contributed by atoms with E-state index in [4.69, 9.17) is 5.73 Å². The van der Waals surface area contributed by atoms with Crippen molar-refractivity contribution in [2.24, 2.45) is 5.73 Å². The van der Waals surface area contributed by atoms with Gasteiger partial charge in [-0.2, -0.15) is 0 Å². The van der Waals surface area contributed by atoms with Crippen molar-refractivity contribution in [3.8, 4) is 11.3 Å². The summed E-state index contributed by atoms with van der Waals surface area (Å²) in [7, 11) is 0. The molecule has 2 N–H and O–H groups in total. The topological polar surface area (TPSA) is 38.9 Å². The van der Waals surface area contributed by atoms with E-state index in [0.717, 1.165) is 27.7 Å². The number of pyridine rings is 1. The predicted molar refractivity (Wildman–Crippen MR) is 75.0 cm³/mol. The number of para-hydroxylation sites is 1. The molecule has 0 bridgehead atoms. The summed E-state index contributed by atoms with van der Waals surface area (Å²) in [5.41, 5.74) is 9.46. The number of nitrogens with two attached hydrogens (primary N) is 1. The molecule has 0 amide bonds. The summed E-state index contributed by atoms with van der Waals surface area (Å²) in [6.45, 7) is 0.456. The van der Waals surface area contributed by atoms with Gasteiger partial charge in [-0.1, -0.05) is 18.2 Å². The van der Waals surface area contributed by atoms with Crippen LogP contribution in [0.2, 0.25) is 0 Å². The van der Waals surface area contributed by atoms with Crippen LogP contribution in [0.15, 0.2) is 54.6 Å². The zero-order chi connectivity index (χ0) is 13.2. The first kappa shape index (κ1) is 11.8.